The molecule has 0 radical (unpaired) electrons. The van der Waals surface area contributed by atoms with Gasteiger partial charge < -0.3 is 25.0 Å². The molecule has 2 fully saturated rings. The molecule has 9 nitrogen and oxygen atoms in total. The molecule has 1 aromatic rings. The lowest BCUT2D eigenvalue weighted by molar-refractivity contribution is 0.0893. The van der Waals surface area contributed by atoms with Crippen LogP contribution in [0.2, 0.25) is 0 Å². The molecule has 2 aliphatic heterocycles. The predicted molar refractivity (Wildman–Crippen MR) is 124 cm³/mol. The molecular formula is C22H39N7O2. The zero-order chi connectivity index (χ0) is 21.6. The summed E-state index contributed by atoms with van der Waals surface area (Å²) >= 11 is 0. The van der Waals surface area contributed by atoms with Crippen LogP contribution in [0.15, 0.2) is 23.5 Å². The molecule has 2 aliphatic rings. The van der Waals surface area contributed by atoms with Gasteiger partial charge in [0.05, 0.1) is 13.2 Å². The lowest BCUT2D eigenvalue weighted by Gasteiger charge is -2.34. The Morgan fingerprint density at radius 2 is 2.03 bits per heavy atom. The molecule has 0 amide bonds. The monoisotopic (exact) mass is 433 g/mol. The van der Waals surface area contributed by atoms with Crippen molar-refractivity contribution in [2.75, 3.05) is 83.7 Å². The molecule has 31 heavy (non-hydrogen) atoms. The molecule has 0 spiro atoms. The van der Waals surface area contributed by atoms with Gasteiger partial charge in [0, 0.05) is 77.3 Å². The highest BCUT2D eigenvalue weighted by molar-refractivity contribution is 5.79. The lowest BCUT2D eigenvalue weighted by Crippen LogP contribution is -2.47. The Morgan fingerprint density at radius 3 is 2.77 bits per heavy atom. The molecular weight excluding hydrogens is 394 g/mol. The van der Waals surface area contributed by atoms with Gasteiger partial charge in [0.1, 0.15) is 0 Å². The highest BCUT2D eigenvalue weighted by atomic mass is 16.5. The van der Waals surface area contributed by atoms with Crippen LogP contribution in [-0.4, -0.2) is 99.6 Å². The number of piperazine rings is 1. The van der Waals surface area contributed by atoms with Gasteiger partial charge in [-0.3, -0.25) is 9.89 Å². The summed E-state index contributed by atoms with van der Waals surface area (Å²) in [6.07, 6.45) is 6.79. The maximum Gasteiger partial charge on any atom is 0.225 e. The second-order valence-electron chi connectivity index (χ2n) is 8.08. The van der Waals surface area contributed by atoms with Crippen LogP contribution >= 0.6 is 0 Å². The second kappa shape index (κ2) is 14.2. The molecule has 0 aromatic carbocycles. The Bertz CT molecular complexity index is 618. The molecule has 174 valence electrons. The molecule has 1 unspecified atom stereocenters. The predicted octanol–water partition coefficient (Wildman–Crippen LogP) is 0.987. The first-order valence-corrected chi connectivity index (χ1v) is 11.8. The van der Waals surface area contributed by atoms with E-state index in [1.807, 2.05) is 18.5 Å². The van der Waals surface area contributed by atoms with E-state index in [0.717, 1.165) is 110 Å². The largest absolute Gasteiger partial charge is 0.381 e. The summed E-state index contributed by atoms with van der Waals surface area (Å²) in [7, 11) is 0. The van der Waals surface area contributed by atoms with Gasteiger partial charge in [-0.2, -0.15) is 0 Å². The molecule has 2 saturated heterocycles. The maximum atomic E-state index is 5.75. The van der Waals surface area contributed by atoms with Crippen LogP contribution < -0.4 is 15.5 Å². The van der Waals surface area contributed by atoms with E-state index in [0.29, 0.717) is 5.92 Å². The van der Waals surface area contributed by atoms with Crippen molar-refractivity contribution in [3.63, 3.8) is 0 Å². The number of rotatable bonds is 12. The van der Waals surface area contributed by atoms with E-state index in [9.17, 15) is 0 Å². The summed E-state index contributed by atoms with van der Waals surface area (Å²) in [5.41, 5.74) is 0. The number of nitrogens with one attached hydrogen (secondary N) is 2. The SMILES string of the molecule is CCNC(=NCCCOCC1CCOC1)NCCCN1CCN(c2ncccn2)CC1. The van der Waals surface area contributed by atoms with Gasteiger partial charge >= 0.3 is 0 Å². The first-order valence-electron chi connectivity index (χ1n) is 11.8. The van der Waals surface area contributed by atoms with E-state index >= 15 is 0 Å². The van der Waals surface area contributed by atoms with Crippen LogP contribution in [0.1, 0.15) is 26.2 Å². The summed E-state index contributed by atoms with van der Waals surface area (Å²) in [5, 5.41) is 6.78. The average Bonchev–Trinajstić information content (AvgIpc) is 3.33. The molecule has 1 aromatic heterocycles. The summed E-state index contributed by atoms with van der Waals surface area (Å²) < 4.78 is 11.1. The number of aliphatic imine (C=N–C) groups is 1. The van der Waals surface area contributed by atoms with Gasteiger partial charge in [0.2, 0.25) is 5.95 Å². The smallest absolute Gasteiger partial charge is 0.225 e. The third kappa shape index (κ3) is 8.96. The minimum Gasteiger partial charge on any atom is -0.381 e. The van der Waals surface area contributed by atoms with Crippen molar-refractivity contribution >= 4 is 11.9 Å². The summed E-state index contributed by atoms with van der Waals surface area (Å²) in [6, 6.07) is 1.86. The minimum absolute atomic E-state index is 0.581. The second-order valence-corrected chi connectivity index (χ2v) is 8.08. The van der Waals surface area contributed by atoms with Crippen LogP contribution in [0.25, 0.3) is 0 Å². The van der Waals surface area contributed by atoms with Crippen molar-refractivity contribution in [1.29, 1.82) is 0 Å². The van der Waals surface area contributed by atoms with Crippen LogP contribution in [0.5, 0.6) is 0 Å². The number of ether oxygens (including phenoxy) is 2. The van der Waals surface area contributed by atoms with Gasteiger partial charge in [-0.15, -0.1) is 0 Å². The number of guanidine groups is 1. The van der Waals surface area contributed by atoms with Gasteiger partial charge in [-0.25, -0.2) is 9.97 Å². The van der Waals surface area contributed by atoms with Crippen LogP contribution in [0.3, 0.4) is 0 Å². The topological polar surface area (TPSA) is 87.1 Å². The number of nitrogens with zero attached hydrogens (tertiary/aromatic N) is 5. The van der Waals surface area contributed by atoms with E-state index < -0.39 is 0 Å². The van der Waals surface area contributed by atoms with Crippen LogP contribution in [0, 0.1) is 5.92 Å². The third-order valence-electron chi connectivity index (χ3n) is 5.59. The molecule has 0 bridgehead atoms. The Balaban J connectivity index is 1.23. The zero-order valence-corrected chi connectivity index (χ0v) is 19.0. The Hall–Kier alpha value is -1.97. The summed E-state index contributed by atoms with van der Waals surface area (Å²) in [4.78, 5) is 18.1. The van der Waals surface area contributed by atoms with Crippen molar-refractivity contribution in [2.45, 2.75) is 26.2 Å². The van der Waals surface area contributed by atoms with Crippen molar-refractivity contribution < 1.29 is 9.47 Å². The van der Waals surface area contributed by atoms with Crippen molar-refractivity contribution in [2.24, 2.45) is 10.9 Å². The fraction of sp³-hybridized carbons (Fsp3) is 0.773. The normalized spacial score (nSPS) is 20.2. The zero-order valence-electron chi connectivity index (χ0n) is 19.0. The highest BCUT2D eigenvalue weighted by Crippen LogP contribution is 2.12. The van der Waals surface area contributed by atoms with Crippen molar-refractivity contribution in [3.8, 4) is 0 Å². The van der Waals surface area contributed by atoms with E-state index in [1.165, 1.54) is 0 Å². The first-order chi connectivity index (χ1) is 15.3. The Labute approximate surface area is 186 Å². The molecule has 0 saturated carbocycles. The van der Waals surface area contributed by atoms with E-state index in [1.54, 1.807) is 0 Å². The molecule has 0 aliphatic carbocycles. The number of aromatic nitrogens is 2. The fourth-order valence-electron chi connectivity index (χ4n) is 3.80. The van der Waals surface area contributed by atoms with Gasteiger partial charge in [0.15, 0.2) is 5.96 Å². The van der Waals surface area contributed by atoms with E-state index in [2.05, 4.69) is 42.3 Å². The van der Waals surface area contributed by atoms with Gasteiger partial charge in [-0.05, 0) is 38.8 Å². The summed E-state index contributed by atoms with van der Waals surface area (Å²) in [6.45, 7) is 13.1. The minimum atomic E-state index is 0.581. The maximum absolute atomic E-state index is 5.75. The Kier molecular flexibility index (Phi) is 10.8. The quantitative estimate of drug-likeness (QED) is 0.287. The average molecular weight is 434 g/mol. The molecule has 1 atom stereocenters. The van der Waals surface area contributed by atoms with Crippen LogP contribution in [-0.2, 0) is 9.47 Å². The Morgan fingerprint density at radius 1 is 1.19 bits per heavy atom. The van der Waals surface area contributed by atoms with E-state index in [-0.39, 0.29) is 0 Å². The molecule has 9 heteroatoms. The number of hydrogen-bond donors (Lipinski definition) is 2. The fourth-order valence-corrected chi connectivity index (χ4v) is 3.80. The van der Waals surface area contributed by atoms with Gasteiger partial charge in [-0.1, -0.05) is 0 Å². The van der Waals surface area contributed by atoms with Crippen molar-refractivity contribution in [1.82, 2.24) is 25.5 Å². The van der Waals surface area contributed by atoms with E-state index in [4.69, 9.17) is 9.47 Å². The first kappa shape index (κ1) is 23.7. The molecule has 2 N–H and O–H groups in total. The molecule has 3 heterocycles. The molecule has 3 rings (SSSR count). The highest BCUT2D eigenvalue weighted by Gasteiger charge is 2.18. The number of hydrogen-bond acceptors (Lipinski definition) is 7. The summed E-state index contributed by atoms with van der Waals surface area (Å²) in [5.74, 6) is 2.32. The lowest BCUT2D eigenvalue weighted by atomic mass is 10.1. The number of anilines is 1. The van der Waals surface area contributed by atoms with Gasteiger partial charge in [0.25, 0.3) is 0 Å². The standard InChI is InChI=1S/C22H39N7O2/c1-2-23-21(25-10-5-16-30-18-20-6-17-31-19-20)24-9-4-11-28-12-14-29(15-13-28)22-26-7-3-8-27-22/h3,7-8,20H,2,4-6,9-19H2,1H3,(H2,23,24,25). The van der Waals surface area contributed by atoms with Crippen LogP contribution in [0.4, 0.5) is 5.95 Å². The third-order valence-corrected chi connectivity index (χ3v) is 5.59. The van der Waals surface area contributed by atoms with Crippen molar-refractivity contribution in [3.05, 3.63) is 18.5 Å².